The number of para-hydroxylation sites is 2. The number of imidazole rings is 1. The van der Waals surface area contributed by atoms with Gasteiger partial charge in [-0.3, -0.25) is 4.79 Å². The Bertz CT molecular complexity index is 855. The van der Waals surface area contributed by atoms with E-state index in [4.69, 9.17) is 4.74 Å². The van der Waals surface area contributed by atoms with Crippen molar-refractivity contribution in [1.29, 1.82) is 0 Å². The molecule has 0 bridgehead atoms. The predicted molar refractivity (Wildman–Crippen MR) is 93.9 cm³/mol. The van der Waals surface area contributed by atoms with Crippen LogP contribution in [-0.4, -0.2) is 22.6 Å². The Kier molecular flexibility index (Phi) is 4.79. The van der Waals surface area contributed by atoms with Crippen molar-refractivity contribution in [2.75, 3.05) is 7.11 Å². The van der Waals surface area contributed by atoms with Gasteiger partial charge in [-0.05, 0) is 29.8 Å². The molecule has 2 aromatic carbocycles. The third-order valence-electron chi connectivity index (χ3n) is 4.08. The summed E-state index contributed by atoms with van der Waals surface area (Å²) in [4.78, 5) is 16.7. The van der Waals surface area contributed by atoms with E-state index in [-0.39, 0.29) is 5.91 Å². The zero-order chi connectivity index (χ0) is 16.9. The van der Waals surface area contributed by atoms with Crippen molar-refractivity contribution in [2.24, 2.45) is 7.05 Å². The Hall–Kier alpha value is -2.82. The lowest BCUT2D eigenvalue weighted by Crippen LogP contribution is -2.23. The third-order valence-corrected chi connectivity index (χ3v) is 4.08. The van der Waals surface area contributed by atoms with E-state index < -0.39 is 0 Å². The Morgan fingerprint density at radius 3 is 2.83 bits per heavy atom. The van der Waals surface area contributed by atoms with Gasteiger partial charge in [-0.25, -0.2) is 4.98 Å². The first kappa shape index (κ1) is 16.1. The van der Waals surface area contributed by atoms with Crippen LogP contribution in [-0.2, 0) is 24.8 Å². The molecular formula is C19H21N3O2. The average molecular weight is 323 g/mol. The minimum Gasteiger partial charge on any atom is -0.497 e. The van der Waals surface area contributed by atoms with Gasteiger partial charge in [0.1, 0.15) is 11.6 Å². The lowest BCUT2D eigenvalue weighted by molar-refractivity contribution is -0.121. The van der Waals surface area contributed by atoms with E-state index in [0.29, 0.717) is 19.4 Å². The first-order chi connectivity index (χ1) is 11.7. The number of aryl methyl sites for hydroxylation is 2. The lowest BCUT2D eigenvalue weighted by atomic mass is 10.2. The van der Waals surface area contributed by atoms with Crippen LogP contribution in [0.4, 0.5) is 0 Å². The van der Waals surface area contributed by atoms with Gasteiger partial charge in [0.2, 0.25) is 5.91 Å². The number of ether oxygens (including phenoxy) is 1. The van der Waals surface area contributed by atoms with E-state index in [0.717, 1.165) is 28.2 Å². The molecule has 0 saturated carbocycles. The molecule has 1 amide bonds. The number of hydrogen-bond acceptors (Lipinski definition) is 3. The summed E-state index contributed by atoms with van der Waals surface area (Å²) in [6.07, 6.45) is 1.04. The number of carbonyl (C=O) groups excluding carboxylic acids is 1. The normalized spacial score (nSPS) is 10.8. The minimum atomic E-state index is 0.0184. The van der Waals surface area contributed by atoms with Gasteiger partial charge in [0.15, 0.2) is 0 Å². The van der Waals surface area contributed by atoms with Gasteiger partial charge < -0.3 is 14.6 Å². The van der Waals surface area contributed by atoms with Crippen molar-refractivity contribution >= 4 is 16.9 Å². The number of fused-ring (bicyclic) bond motifs is 1. The second kappa shape index (κ2) is 7.17. The Labute approximate surface area is 141 Å². The molecule has 0 atom stereocenters. The van der Waals surface area contributed by atoms with Gasteiger partial charge in [-0.1, -0.05) is 24.3 Å². The van der Waals surface area contributed by atoms with Crippen molar-refractivity contribution in [3.63, 3.8) is 0 Å². The maximum atomic E-state index is 12.1. The number of methoxy groups -OCH3 is 1. The Morgan fingerprint density at radius 2 is 2.04 bits per heavy atom. The first-order valence-electron chi connectivity index (χ1n) is 7.97. The molecule has 1 heterocycles. The molecule has 3 rings (SSSR count). The third kappa shape index (κ3) is 3.56. The highest BCUT2D eigenvalue weighted by Crippen LogP contribution is 2.15. The molecule has 1 aromatic heterocycles. The average Bonchev–Trinajstić information content (AvgIpc) is 2.94. The molecule has 124 valence electrons. The zero-order valence-corrected chi connectivity index (χ0v) is 14.0. The first-order valence-corrected chi connectivity index (χ1v) is 7.97. The fraction of sp³-hybridized carbons (Fsp3) is 0.263. The van der Waals surface area contributed by atoms with E-state index in [1.807, 2.05) is 60.1 Å². The summed E-state index contributed by atoms with van der Waals surface area (Å²) in [5.41, 5.74) is 3.07. The standard InChI is InChI=1S/C19H21N3O2/c1-22-17-9-4-3-8-16(17)21-18(22)10-11-19(23)20-13-14-6-5-7-15(12-14)24-2/h3-9,12H,10-11,13H2,1-2H3,(H,20,23). The highest BCUT2D eigenvalue weighted by molar-refractivity contribution is 5.77. The van der Waals surface area contributed by atoms with Crippen molar-refractivity contribution in [3.05, 3.63) is 59.9 Å². The number of hydrogen-bond donors (Lipinski definition) is 1. The maximum absolute atomic E-state index is 12.1. The van der Waals surface area contributed by atoms with Gasteiger partial charge >= 0.3 is 0 Å². The van der Waals surface area contributed by atoms with Crippen molar-refractivity contribution < 1.29 is 9.53 Å². The van der Waals surface area contributed by atoms with Crippen molar-refractivity contribution in [3.8, 4) is 5.75 Å². The number of aromatic nitrogens is 2. The monoisotopic (exact) mass is 323 g/mol. The van der Waals surface area contributed by atoms with Gasteiger partial charge in [-0.2, -0.15) is 0 Å². The summed E-state index contributed by atoms with van der Waals surface area (Å²) in [6, 6.07) is 15.7. The fourth-order valence-electron chi connectivity index (χ4n) is 2.72. The SMILES string of the molecule is COc1cccc(CNC(=O)CCc2nc3ccccc3n2C)c1. The topological polar surface area (TPSA) is 56.1 Å². The van der Waals surface area contributed by atoms with Crippen LogP contribution in [0.25, 0.3) is 11.0 Å². The molecule has 0 unspecified atom stereocenters. The molecule has 3 aromatic rings. The smallest absolute Gasteiger partial charge is 0.220 e. The summed E-state index contributed by atoms with van der Waals surface area (Å²) in [7, 11) is 3.62. The molecule has 0 saturated heterocycles. The second-order valence-electron chi connectivity index (χ2n) is 5.70. The number of nitrogens with zero attached hydrogens (tertiary/aromatic N) is 2. The highest BCUT2D eigenvalue weighted by atomic mass is 16.5. The molecule has 0 aliphatic carbocycles. The molecule has 0 fully saturated rings. The summed E-state index contributed by atoms with van der Waals surface area (Å²) in [5.74, 6) is 1.74. The maximum Gasteiger partial charge on any atom is 0.220 e. The van der Waals surface area contributed by atoms with E-state index in [9.17, 15) is 4.79 Å². The van der Waals surface area contributed by atoms with Gasteiger partial charge in [0.05, 0.1) is 18.1 Å². The van der Waals surface area contributed by atoms with Gasteiger partial charge in [0, 0.05) is 26.4 Å². The van der Waals surface area contributed by atoms with Crippen molar-refractivity contribution in [2.45, 2.75) is 19.4 Å². The van der Waals surface area contributed by atoms with Crippen LogP contribution in [0.3, 0.4) is 0 Å². The molecular weight excluding hydrogens is 302 g/mol. The van der Waals surface area contributed by atoms with Gasteiger partial charge in [-0.15, -0.1) is 0 Å². The molecule has 5 nitrogen and oxygen atoms in total. The van der Waals surface area contributed by atoms with Gasteiger partial charge in [0.25, 0.3) is 0 Å². The van der Waals surface area contributed by atoms with Crippen LogP contribution in [0.2, 0.25) is 0 Å². The van der Waals surface area contributed by atoms with Crippen LogP contribution < -0.4 is 10.1 Å². The van der Waals surface area contributed by atoms with E-state index in [1.54, 1.807) is 7.11 Å². The van der Waals surface area contributed by atoms with Crippen LogP contribution in [0.15, 0.2) is 48.5 Å². The molecule has 0 aliphatic heterocycles. The predicted octanol–water partition coefficient (Wildman–Crippen LogP) is 2.83. The molecule has 5 heteroatoms. The number of benzene rings is 2. The zero-order valence-electron chi connectivity index (χ0n) is 14.0. The number of rotatable bonds is 6. The van der Waals surface area contributed by atoms with Crippen LogP contribution in [0, 0.1) is 0 Å². The highest BCUT2D eigenvalue weighted by Gasteiger charge is 2.09. The van der Waals surface area contributed by atoms with Crippen LogP contribution in [0.1, 0.15) is 17.8 Å². The molecule has 0 radical (unpaired) electrons. The lowest BCUT2D eigenvalue weighted by Gasteiger charge is -2.07. The minimum absolute atomic E-state index is 0.0184. The molecule has 0 aliphatic rings. The molecule has 1 N–H and O–H groups in total. The summed E-state index contributed by atoms with van der Waals surface area (Å²) >= 11 is 0. The molecule has 24 heavy (non-hydrogen) atoms. The fourth-order valence-corrected chi connectivity index (χ4v) is 2.72. The quantitative estimate of drug-likeness (QED) is 0.759. The summed E-state index contributed by atoms with van der Waals surface area (Å²) in [5, 5.41) is 2.94. The Morgan fingerprint density at radius 1 is 1.21 bits per heavy atom. The van der Waals surface area contributed by atoms with E-state index in [1.165, 1.54) is 0 Å². The van der Waals surface area contributed by atoms with Crippen LogP contribution >= 0.6 is 0 Å². The van der Waals surface area contributed by atoms with Crippen LogP contribution in [0.5, 0.6) is 5.75 Å². The van der Waals surface area contributed by atoms with E-state index >= 15 is 0 Å². The molecule has 0 spiro atoms. The number of carbonyl (C=O) groups is 1. The van der Waals surface area contributed by atoms with E-state index in [2.05, 4.69) is 10.3 Å². The summed E-state index contributed by atoms with van der Waals surface area (Å²) in [6.45, 7) is 0.499. The van der Waals surface area contributed by atoms with Crippen molar-refractivity contribution in [1.82, 2.24) is 14.9 Å². The number of amides is 1. The largest absolute Gasteiger partial charge is 0.497 e. The Balaban J connectivity index is 1.56. The summed E-state index contributed by atoms with van der Waals surface area (Å²) < 4.78 is 7.23. The second-order valence-corrected chi connectivity index (χ2v) is 5.70. The number of nitrogens with one attached hydrogen (secondary N) is 1.